The minimum absolute atomic E-state index is 0.0368. The smallest absolute Gasteiger partial charge is 0.339 e. The number of nitrogens with one attached hydrogen (secondary N) is 1. The van der Waals surface area contributed by atoms with Gasteiger partial charge in [0.25, 0.3) is 0 Å². The van der Waals surface area contributed by atoms with E-state index in [9.17, 15) is 13.2 Å². The van der Waals surface area contributed by atoms with E-state index in [1.54, 1.807) is 7.05 Å². The number of halogens is 1. The third-order valence-electron chi connectivity index (χ3n) is 3.85. The highest BCUT2D eigenvalue weighted by molar-refractivity contribution is 7.89. The van der Waals surface area contributed by atoms with E-state index < -0.39 is 16.0 Å². The van der Waals surface area contributed by atoms with Crippen LogP contribution in [0.4, 0.5) is 0 Å². The lowest BCUT2D eigenvalue weighted by atomic mass is 10.1. The molecular formula is C14H19ClN2O4S. The summed E-state index contributed by atoms with van der Waals surface area (Å²) in [6, 6.07) is 4.01. The summed E-state index contributed by atoms with van der Waals surface area (Å²) in [5, 5.41) is 3.26. The van der Waals surface area contributed by atoms with Crippen LogP contribution in [0.25, 0.3) is 0 Å². The number of piperidine rings is 1. The second-order valence-electron chi connectivity index (χ2n) is 5.14. The first kappa shape index (κ1) is 17.2. The maximum absolute atomic E-state index is 12.7. The van der Waals surface area contributed by atoms with Crippen LogP contribution in [0, 0.1) is 0 Å². The molecule has 1 aromatic rings. The Kier molecular flexibility index (Phi) is 5.44. The van der Waals surface area contributed by atoms with Gasteiger partial charge in [-0.05, 0) is 44.1 Å². The van der Waals surface area contributed by atoms with Crippen LogP contribution in [0.2, 0.25) is 5.02 Å². The molecule has 22 heavy (non-hydrogen) atoms. The third kappa shape index (κ3) is 3.43. The number of ether oxygens (including phenoxy) is 1. The van der Waals surface area contributed by atoms with Crippen LogP contribution in [-0.2, 0) is 14.8 Å². The molecule has 1 N–H and O–H groups in total. The fourth-order valence-corrected chi connectivity index (χ4v) is 4.23. The van der Waals surface area contributed by atoms with Gasteiger partial charge in [0, 0.05) is 13.1 Å². The first-order valence-corrected chi connectivity index (χ1v) is 8.76. The van der Waals surface area contributed by atoms with Crippen molar-refractivity contribution in [2.45, 2.75) is 23.8 Å². The predicted octanol–water partition coefficient (Wildman–Crippen LogP) is 1.50. The van der Waals surface area contributed by atoms with Crippen molar-refractivity contribution in [1.82, 2.24) is 9.62 Å². The number of hydrogen-bond donors (Lipinski definition) is 1. The summed E-state index contributed by atoms with van der Waals surface area (Å²) in [5.74, 6) is -0.597. The number of methoxy groups -OCH3 is 1. The van der Waals surface area contributed by atoms with Crippen LogP contribution in [0.5, 0.6) is 0 Å². The molecule has 0 saturated carbocycles. The van der Waals surface area contributed by atoms with Gasteiger partial charge in [-0.1, -0.05) is 11.6 Å². The number of carbonyl (C=O) groups is 1. The Bertz CT molecular complexity index is 657. The van der Waals surface area contributed by atoms with Crippen LogP contribution in [0.1, 0.15) is 23.2 Å². The Morgan fingerprint density at radius 2 is 2.00 bits per heavy atom. The van der Waals surface area contributed by atoms with Crippen molar-refractivity contribution in [3.05, 3.63) is 28.8 Å². The third-order valence-corrected chi connectivity index (χ3v) is 6.06. The molecule has 8 heteroatoms. The number of esters is 1. The summed E-state index contributed by atoms with van der Waals surface area (Å²) in [6.07, 6.45) is 1.54. The van der Waals surface area contributed by atoms with Gasteiger partial charge in [-0.25, -0.2) is 13.2 Å². The molecule has 0 radical (unpaired) electrons. The van der Waals surface area contributed by atoms with Gasteiger partial charge in [-0.15, -0.1) is 0 Å². The molecule has 1 aromatic carbocycles. The normalized spacial score (nSPS) is 16.7. The van der Waals surface area contributed by atoms with Gasteiger partial charge in [-0.2, -0.15) is 4.31 Å². The summed E-state index contributed by atoms with van der Waals surface area (Å²) in [6.45, 7) is 1.60. The van der Waals surface area contributed by atoms with Crippen molar-refractivity contribution >= 4 is 27.6 Å². The molecule has 0 bridgehead atoms. The van der Waals surface area contributed by atoms with Gasteiger partial charge in [0.1, 0.15) is 0 Å². The monoisotopic (exact) mass is 346 g/mol. The Balaban J connectivity index is 2.29. The molecule has 0 spiro atoms. The van der Waals surface area contributed by atoms with Crippen molar-refractivity contribution < 1.29 is 17.9 Å². The Morgan fingerprint density at radius 1 is 1.36 bits per heavy atom. The van der Waals surface area contributed by atoms with E-state index >= 15 is 0 Å². The lowest BCUT2D eigenvalue weighted by molar-refractivity contribution is 0.0601. The van der Waals surface area contributed by atoms with Crippen molar-refractivity contribution in [2.75, 3.05) is 27.2 Å². The van der Waals surface area contributed by atoms with E-state index in [0.717, 1.165) is 25.9 Å². The zero-order valence-corrected chi connectivity index (χ0v) is 14.1. The van der Waals surface area contributed by atoms with Crippen molar-refractivity contribution in [3.8, 4) is 0 Å². The summed E-state index contributed by atoms with van der Waals surface area (Å²) in [4.78, 5) is 11.6. The van der Waals surface area contributed by atoms with E-state index in [-0.39, 0.29) is 21.5 Å². The van der Waals surface area contributed by atoms with E-state index in [4.69, 9.17) is 11.6 Å². The molecule has 0 amide bonds. The average Bonchev–Trinajstić information content (AvgIpc) is 2.54. The van der Waals surface area contributed by atoms with E-state index in [2.05, 4.69) is 10.1 Å². The van der Waals surface area contributed by atoms with E-state index in [1.165, 1.54) is 29.6 Å². The van der Waals surface area contributed by atoms with E-state index in [1.807, 2.05) is 0 Å². The molecule has 1 fully saturated rings. The minimum atomic E-state index is -3.64. The second kappa shape index (κ2) is 6.95. The Labute approximate surface area is 135 Å². The first-order chi connectivity index (χ1) is 10.4. The summed E-state index contributed by atoms with van der Waals surface area (Å²) in [5.41, 5.74) is 0.146. The number of rotatable bonds is 4. The number of nitrogens with zero attached hydrogens (tertiary/aromatic N) is 1. The van der Waals surface area contributed by atoms with Crippen LogP contribution in [0.3, 0.4) is 0 Å². The summed E-state index contributed by atoms with van der Waals surface area (Å²) in [7, 11) is -0.820. The molecule has 1 heterocycles. The van der Waals surface area contributed by atoms with Crippen LogP contribution >= 0.6 is 11.6 Å². The maximum Gasteiger partial charge on any atom is 0.339 e. The molecule has 1 aliphatic rings. The molecule has 0 aromatic heterocycles. The highest BCUT2D eigenvalue weighted by Gasteiger charge is 2.29. The zero-order chi connectivity index (χ0) is 16.3. The van der Waals surface area contributed by atoms with Gasteiger partial charge in [-0.3, -0.25) is 0 Å². The lowest BCUT2D eigenvalue weighted by Gasteiger charge is -2.30. The van der Waals surface area contributed by atoms with Gasteiger partial charge in [0.15, 0.2) is 0 Å². The van der Waals surface area contributed by atoms with Gasteiger partial charge < -0.3 is 10.1 Å². The molecule has 0 unspecified atom stereocenters. The number of sulfonamides is 1. The summed E-state index contributed by atoms with van der Waals surface area (Å²) < 4.78 is 31.3. The van der Waals surface area contributed by atoms with Crippen LogP contribution in [0.15, 0.2) is 23.1 Å². The standard InChI is InChI=1S/C14H19ClN2O4S/c1-17(10-5-7-16-8-6-10)22(19,20)11-3-4-12(13(15)9-11)14(18)21-2/h3-4,9-10,16H,5-8H2,1-2H3. The molecule has 0 atom stereocenters. The fourth-order valence-electron chi connectivity index (χ4n) is 2.46. The lowest BCUT2D eigenvalue weighted by Crippen LogP contribution is -2.43. The van der Waals surface area contributed by atoms with Gasteiger partial charge in [0.05, 0.1) is 22.6 Å². The second-order valence-corrected chi connectivity index (χ2v) is 7.54. The fraction of sp³-hybridized carbons (Fsp3) is 0.500. The van der Waals surface area contributed by atoms with Crippen molar-refractivity contribution in [1.29, 1.82) is 0 Å². The molecule has 2 rings (SSSR count). The van der Waals surface area contributed by atoms with Crippen molar-refractivity contribution in [3.63, 3.8) is 0 Å². The quantitative estimate of drug-likeness (QED) is 0.836. The highest BCUT2D eigenvalue weighted by Crippen LogP contribution is 2.25. The molecule has 1 saturated heterocycles. The number of carbonyl (C=O) groups excluding carboxylic acids is 1. The molecule has 0 aliphatic carbocycles. The number of hydrogen-bond acceptors (Lipinski definition) is 5. The molecule has 1 aliphatic heterocycles. The summed E-state index contributed by atoms with van der Waals surface area (Å²) >= 11 is 6.01. The minimum Gasteiger partial charge on any atom is -0.465 e. The first-order valence-electron chi connectivity index (χ1n) is 6.94. The number of benzene rings is 1. The molecule has 6 nitrogen and oxygen atoms in total. The topological polar surface area (TPSA) is 75.7 Å². The average molecular weight is 347 g/mol. The van der Waals surface area contributed by atoms with Gasteiger partial charge >= 0.3 is 5.97 Å². The largest absolute Gasteiger partial charge is 0.465 e. The van der Waals surface area contributed by atoms with Crippen molar-refractivity contribution in [2.24, 2.45) is 0 Å². The highest BCUT2D eigenvalue weighted by atomic mass is 35.5. The van der Waals surface area contributed by atoms with Gasteiger partial charge in [0.2, 0.25) is 10.0 Å². The Morgan fingerprint density at radius 3 is 2.55 bits per heavy atom. The maximum atomic E-state index is 12.7. The predicted molar refractivity (Wildman–Crippen MR) is 83.6 cm³/mol. The molecular weight excluding hydrogens is 328 g/mol. The zero-order valence-electron chi connectivity index (χ0n) is 12.5. The molecule has 122 valence electrons. The SMILES string of the molecule is COC(=O)c1ccc(S(=O)(=O)N(C)C2CCNCC2)cc1Cl. The van der Waals surface area contributed by atoms with Crippen LogP contribution < -0.4 is 5.32 Å². The van der Waals surface area contributed by atoms with E-state index in [0.29, 0.717) is 0 Å². The Hall–Kier alpha value is -1.15. The van der Waals surface area contributed by atoms with Crippen LogP contribution in [-0.4, -0.2) is 52.0 Å².